The Bertz CT molecular complexity index is 911. The molecule has 2 fully saturated rings. The van der Waals surface area contributed by atoms with Crippen LogP contribution >= 0.6 is 0 Å². The average Bonchev–Trinajstić information content (AvgIpc) is 3.24. The van der Waals surface area contributed by atoms with Crippen LogP contribution in [0.15, 0.2) is 30.5 Å². The van der Waals surface area contributed by atoms with Crippen LogP contribution in [0.25, 0.3) is 0 Å². The number of aromatic nitrogens is 2. The van der Waals surface area contributed by atoms with E-state index in [1.54, 1.807) is 7.11 Å². The number of amides is 1. The lowest BCUT2D eigenvalue weighted by Gasteiger charge is -2.47. The van der Waals surface area contributed by atoms with Gasteiger partial charge in [0.2, 0.25) is 0 Å². The Hall–Kier alpha value is -2.87. The molecule has 1 aliphatic heterocycles. The zero-order chi connectivity index (χ0) is 21.8. The fourth-order valence-corrected chi connectivity index (χ4v) is 5.16. The first-order valence-corrected chi connectivity index (χ1v) is 11.0. The standard InChI is InChI=1S/C23H32N6O2/c1-31-17-6-4-16(5-7-17)8-12-26-18-15-29(13-11-23(18)9-2-3-10-23)22-20(21(25)30)27-14-19(24)28-22/h4-7,14,18,26H,2-3,8-13,15H2,1H3,(H2,24,28)(H2,25,30)/t18-/m0/s1. The molecule has 2 aliphatic rings. The number of nitrogen functional groups attached to an aromatic ring is 1. The van der Waals surface area contributed by atoms with Crippen LogP contribution < -0.4 is 26.4 Å². The molecule has 0 bridgehead atoms. The van der Waals surface area contributed by atoms with E-state index in [0.29, 0.717) is 23.1 Å². The second-order valence-electron chi connectivity index (χ2n) is 8.70. The Morgan fingerprint density at radius 2 is 2.00 bits per heavy atom. The summed E-state index contributed by atoms with van der Waals surface area (Å²) in [7, 11) is 1.68. The minimum absolute atomic E-state index is 0.188. The van der Waals surface area contributed by atoms with Crippen molar-refractivity contribution < 1.29 is 9.53 Å². The molecule has 2 heterocycles. The minimum atomic E-state index is -0.576. The minimum Gasteiger partial charge on any atom is -0.497 e. The van der Waals surface area contributed by atoms with E-state index in [4.69, 9.17) is 16.2 Å². The molecular weight excluding hydrogens is 392 g/mol. The van der Waals surface area contributed by atoms with Crippen molar-refractivity contribution in [1.29, 1.82) is 0 Å². The molecule has 1 amide bonds. The Morgan fingerprint density at radius 1 is 1.26 bits per heavy atom. The molecule has 1 spiro atoms. The van der Waals surface area contributed by atoms with Crippen molar-refractivity contribution >= 4 is 17.5 Å². The van der Waals surface area contributed by atoms with Crippen LogP contribution in [0.5, 0.6) is 5.75 Å². The molecule has 8 heteroatoms. The number of rotatable bonds is 7. The smallest absolute Gasteiger partial charge is 0.271 e. The number of primary amides is 1. The third kappa shape index (κ3) is 4.58. The van der Waals surface area contributed by atoms with Crippen LogP contribution in [0.4, 0.5) is 11.6 Å². The van der Waals surface area contributed by atoms with Crippen LogP contribution in [0.1, 0.15) is 48.2 Å². The molecule has 5 N–H and O–H groups in total. The summed E-state index contributed by atoms with van der Waals surface area (Å²) in [5.74, 6) is 1.10. The summed E-state index contributed by atoms with van der Waals surface area (Å²) < 4.78 is 5.25. The van der Waals surface area contributed by atoms with E-state index in [1.807, 2.05) is 12.1 Å². The average molecular weight is 425 g/mol. The van der Waals surface area contributed by atoms with Crippen LogP contribution in [-0.2, 0) is 6.42 Å². The first kappa shape index (κ1) is 21.4. The summed E-state index contributed by atoms with van der Waals surface area (Å²) in [6, 6.07) is 8.53. The molecule has 8 nitrogen and oxygen atoms in total. The number of carbonyl (C=O) groups excluding carboxylic acids is 1. The van der Waals surface area contributed by atoms with Crippen LogP contribution in [-0.4, -0.2) is 48.7 Å². The van der Waals surface area contributed by atoms with Crippen LogP contribution in [0.2, 0.25) is 0 Å². The number of anilines is 2. The lowest BCUT2D eigenvalue weighted by molar-refractivity contribution is 0.0995. The maximum atomic E-state index is 11.9. The SMILES string of the molecule is COc1ccc(CCN[C@H]2CN(c3nc(N)cnc3C(N)=O)CCC23CCCC3)cc1. The van der Waals surface area contributed by atoms with Gasteiger partial charge < -0.3 is 26.4 Å². The molecule has 166 valence electrons. The van der Waals surface area contributed by atoms with Gasteiger partial charge in [0.15, 0.2) is 11.5 Å². The molecule has 0 unspecified atom stereocenters. The van der Waals surface area contributed by atoms with Crippen molar-refractivity contribution in [1.82, 2.24) is 15.3 Å². The number of nitrogens with two attached hydrogens (primary N) is 2. The monoisotopic (exact) mass is 424 g/mol. The highest BCUT2D eigenvalue weighted by Crippen LogP contribution is 2.47. The molecule has 1 saturated carbocycles. The number of methoxy groups -OCH3 is 1. The molecule has 1 saturated heterocycles. The molecule has 1 atom stereocenters. The van der Waals surface area contributed by atoms with E-state index in [1.165, 1.54) is 37.4 Å². The second kappa shape index (κ2) is 9.09. The Balaban J connectivity index is 1.48. The second-order valence-corrected chi connectivity index (χ2v) is 8.70. The number of carbonyl (C=O) groups is 1. The number of ether oxygens (including phenoxy) is 1. The predicted octanol–water partition coefficient (Wildman–Crippen LogP) is 2.14. The van der Waals surface area contributed by atoms with E-state index >= 15 is 0 Å². The number of nitrogens with zero attached hydrogens (tertiary/aromatic N) is 3. The van der Waals surface area contributed by atoms with Crippen molar-refractivity contribution in [2.45, 2.75) is 44.6 Å². The van der Waals surface area contributed by atoms with Crippen molar-refractivity contribution in [3.8, 4) is 5.75 Å². The van der Waals surface area contributed by atoms with Gasteiger partial charge in [-0.25, -0.2) is 9.97 Å². The van der Waals surface area contributed by atoms with Gasteiger partial charge in [0.25, 0.3) is 5.91 Å². The van der Waals surface area contributed by atoms with Crippen molar-refractivity contribution in [3.05, 3.63) is 41.7 Å². The molecular formula is C23H32N6O2. The van der Waals surface area contributed by atoms with Gasteiger partial charge >= 0.3 is 0 Å². The molecule has 1 aromatic heterocycles. The largest absolute Gasteiger partial charge is 0.497 e. The van der Waals surface area contributed by atoms with E-state index in [0.717, 1.165) is 38.2 Å². The van der Waals surface area contributed by atoms with E-state index in [9.17, 15) is 4.79 Å². The Labute approximate surface area is 183 Å². The van der Waals surface area contributed by atoms with Gasteiger partial charge in [0.05, 0.1) is 13.3 Å². The molecule has 1 aliphatic carbocycles. The Morgan fingerprint density at radius 3 is 2.68 bits per heavy atom. The van der Waals surface area contributed by atoms with Gasteiger partial charge in [-0.1, -0.05) is 25.0 Å². The lowest BCUT2D eigenvalue weighted by atomic mass is 9.73. The van der Waals surface area contributed by atoms with Crippen molar-refractivity contribution in [2.75, 3.05) is 37.4 Å². The first-order valence-electron chi connectivity index (χ1n) is 11.0. The van der Waals surface area contributed by atoms with Crippen LogP contribution in [0.3, 0.4) is 0 Å². The summed E-state index contributed by atoms with van der Waals surface area (Å²) in [6.45, 7) is 2.48. The first-order chi connectivity index (χ1) is 15.0. The lowest BCUT2D eigenvalue weighted by Crippen LogP contribution is -2.57. The maximum absolute atomic E-state index is 11.9. The third-order valence-corrected chi connectivity index (χ3v) is 6.89. The van der Waals surface area contributed by atoms with E-state index in [2.05, 4.69) is 32.3 Å². The van der Waals surface area contributed by atoms with Gasteiger partial charge in [-0.2, -0.15) is 0 Å². The number of hydrogen-bond donors (Lipinski definition) is 3. The highest BCUT2D eigenvalue weighted by atomic mass is 16.5. The van der Waals surface area contributed by atoms with Gasteiger partial charge in [-0.15, -0.1) is 0 Å². The van der Waals surface area contributed by atoms with Gasteiger partial charge in [0, 0.05) is 19.1 Å². The van der Waals surface area contributed by atoms with Gasteiger partial charge in [-0.05, 0) is 55.3 Å². The predicted molar refractivity (Wildman–Crippen MR) is 121 cm³/mol. The summed E-state index contributed by atoms with van der Waals surface area (Å²) in [4.78, 5) is 22.6. The third-order valence-electron chi connectivity index (χ3n) is 6.89. The number of piperidine rings is 1. The zero-order valence-corrected chi connectivity index (χ0v) is 18.1. The summed E-state index contributed by atoms with van der Waals surface area (Å²) >= 11 is 0. The van der Waals surface area contributed by atoms with Gasteiger partial charge in [-0.3, -0.25) is 4.79 Å². The van der Waals surface area contributed by atoms with E-state index in [-0.39, 0.29) is 5.69 Å². The molecule has 2 aromatic rings. The number of benzene rings is 1. The molecule has 0 radical (unpaired) electrons. The normalized spacial score (nSPS) is 20.2. The fraction of sp³-hybridized carbons (Fsp3) is 0.522. The molecule has 31 heavy (non-hydrogen) atoms. The molecule has 1 aromatic carbocycles. The topological polar surface area (TPSA) is 119 Å². The summed E-state index contributed by atoms with van der Waals surface area (Å²) in [6.07, 6.45) is 8.43. The van der Waals surface area contributed by atoms with Crippen LogP contribution in [0, 0.1) is 5.41 Å². The summed E-state index contributed by atoms with van der Waals surface area (Å²) in [5, 5.41) is 3.83. The highest BCUT2D eigenvalue weighted by Gasteiger charge is 2.45. The number of nitrogens with one attached hydrogen (secondary N) is 1. The fourth-order valence-electron chi connectivity index (χ4n) is 5.16. The van der Waals surface area contributed by atoms with Crippen molar-refractivity contribution in [2.24, 2.45) is 11.1 Å². The highest BCUT2D eigenvalue weighted by molar-refractivity contribution is 5.95. The zero-order valence-electron chi connectivity index (χ0n) is 18.1. The number of hydrogen-bond acceptors (Lipinski definition) is 7. The van der Waals surface area contributed by atoms with E-state index < -0.39 is 5.91 Å². The maximum Gasteiger partial charge on any atom is 0.271 e. The Kier molecular flexibility index (Phi) is 6.27. The van der Waals surface area contributed by atoms with Crippen molar-refractivity contribution in [3.63, 3.8) is 0 Å². The quantitative estimate of drug-likeness (QED) is 0.623. The molecule has 4 rings (SSSR count). The summed E-state index contributed by atoms with van der Waals surface area (Å²) in [5.41, 5.74) is 13.2. The van der Waals surface area contributed by atoms with Gasteiger partial charge in [0.1, 0.15) is 11.6 Å².